The molecule has 5 rings (SSSR count). The molecule has 222 valence electrons. The molecule has 2 heteroatoms. The van der Waals surface area contributed by atoms with E-state index in [-0.39, 0.29) is 23.4 Å². The van der Waals surface area contributed by atoms with Gasteiger partial charge in [-0.15, -0.1) is 0 Å². The summed E-state index contributed by atoms with van der Waals surface area (Å²) in [7, 11) is 0. The standard InChI is InChI=1S/C42H42O2/c43-40(31-28-35-20-10-3-11-21-35)42(39(37-24-14-5-15-25-37)30-27-34-18-8-2-9-19-34)41(44)32-38(36-22-12-4-13-23-36)29-26-33-16-6-1-7-17-33/h1-25,38-39,42H,26-32H2. The molecule has 0 aliphatic carbocycles. The quantitative estimate of drug-likeness (QED) is 0.109. The van der Waals surface area contributed by atoms with Crippen LogP contribution in [0.25, 0.3) is 0 Å². The van der Waals surface area contributed by atoms with Crippen LogP contribution >= 0.6 is 0 Å². The monoisotopic (exact) mass is 578 g/mol. The highest BCUT2D eigenvalue weighted by Crippen LogP contribution is 2.36. The van der Waals surface area contributed by atoms with E-state index in [1.54, 1.807) is 0 Å². The normalized spacial score (nSPS) is 13.1. The van der Waals surface area contributed by atoms with Crippen LogP contribution < -0.4 is 0 Å². The summed E-state index contributed by atoms with van der Waals surface area (Å²) in [6, 6.07) is 51.6. The van der Waals surface area contributed by atoms with Crippen molar-refractivity contribution in [2.75, 3.05) is 0 Å². The average Bonchev–Trinajstić information content (AvgIpc) is 3.09. The summed E-state index contributed by atoms with van der Waals surface area (Å²) >= 11 is 0. The van der Waals surface area contributed by atoms with Gasteiger partial charge in [0, 0.05) is 18.8 Å². The molecule has 0 radical (unpaired) electrons. The number of hydrogen-bond donors (Lipinski definition) is 0. The van der Waals surface area contributed by atoms with E-state index >= 15 is 0 Å². The molecular formula is C42H42O2. The zero-order chi connectivity index (χ0) is 30.4. The number of ketones is 2. The Bertz CT molecular complexity index is 1550. The molecule has 0 N–H and O–H groups in total. The van der Waals surface area contributed by atoms with Gasteiger partial charge in [-0.05, 0) is 65.8 Å². The van der Waals surface area contributed by atoms with Crippen molar-refractivity contribution in [1.29, 1.82) is 0 Å². The van der Waals surface area contributed by atoms with Gasteiger partial charge in [-0.25, -0.2) is 0 Å². The van der Waals surface area contributed by atoms with E-state index in [1.807, 2.05) is 66.7 Å². The lowest BCUT2D eigenvalue weighted by Crippen LogP contribution is -2.32. The highest BCUT2D eigenvalue weighted by Gasteiger charge is 2.36. The minimum atomic E-state index is -0.687. The first kappa shape index (κ1) is 30.9. The van der Waals surface area contributed by atoms with E-state index in [1.165, 1.54) is 11.1 Å². The Morgan fingerprint density at radius 1 is 0.432 bits per heavy atom. The summed E-state index contributed by atoms with van der Waals surface area (Å²) in [5, 5.41) is 0. The van der Waals surface area contributed by atoms with Crippen molar-refractivity contribution in [2.45, 2.75) is 56.8 Å². The van der Waals surface area contributed by atoms with Crippen LogP contribution in [0.3, 0.4) is 0 Å². The molecule has 0 saturated carbocycles. The van der Waals surface area contributed by atoms with Crippen LogP contribution in [0.5, 0.6) is 0 Å². The smallest absolute Gasteiger partial charge is 0.144 e. The molecule has 3 unspecified atom stereocenters. The molecule has 0 spiro atoms. The Labute approximate surface area is 262 Å². The first-order valence-electron chi connectivity index (χ1n) is 15.9. The van der Waals surface area contributed by atoms with Gasteiger partial charge in [-0.3, -0.25) is 9.59 Å². The second-order valence-corrected chi connectivity index (χ2v) is 11.8. The first-order chi connectivity index (χ1) is 21.7. The topological polar surface area (TPSA) is 34.1 Å². The van der Waals surface area contributed by atoms with Gasteiger partial charge < -0.3 is 0 Å². The number of Topliss-reactive ketones (excluding diaryl/α,β-unsaturated/α-hetero) is 2. The zero-order valence-corrected chi connectivity index (χ0v) is 25.4. The summed E-state index contributed by atoms with van der Waals surface area (Å²) in [5.41, 5.74) is 5.84. The number of carbonyl (C=O) groups excluding carboxylic acids is 2. The summed E-state index contributed by atoms with van der Waals surface area (Å²) in [6.07, 6.45) is 4.64. The van der Waals surface area contributed by atoms with Crippen LogP contribution in [0.1, 0.15) is 65.3 Å². The molecule has 0 aliphatic rings. The summed E-state index contributed by atoms with van der Waals surface area (Å²) < 4.78 is 0. The number of hydrogen-bond acceptors (Lipinski definition) is 2. The van der Waals surface area contributed by atoms with E-state index in [0.29, 0.717) is 19.3 Å². The number of rotatable bonds is 16. The molecule has 0 heterocycles. The van der Waals surface area contributed by atoms with Crippen LogP contribution in [0.4, 0.5) is 0 Å². The fourth-order valence-electron chi connectivity index (χ4n) is 6.36. The Morgan fingerprint density at radius 2 is 0.841 bits per heavy atom. The minimum absolute atomic E-state index is 0.0406. The van der Waals surface area contributed by atoms with E-state index in [2.05, 4.69) is 84.9 Å². The van der Waals surface area contributed by atoms with Gasteiger partial charge in [-0.2, -0.15) is 0 Å². The van der Waals surface area contributed by atoms with Crippen molar-refractivity contribution in [2.24, 2.45) is 5.92 Å². The fraction of sp³-hybridized carbons (Fsp3) is 0.238. The molecule has 0 fully saturated rings. The second-order valence-electron chi connectivity index (χ2n) is 11.8. The fourth-order valence-corrected chi connectivity index (χ4v) is 6.36. The van der Waals surface area contributed by atoms with Gasteiger partial charge >= 0.3 is 0 Å². The first-order valence-corrected chi connectivity index (χ1v) is 15.9. The van der Waals surface area contributed by atoms with E-state index in [0.717, 1.165) is 42.4 Å². The van der Waals surface area contributed by atoms with Gasteiger partial charge in [0.1, 0.15) is 11.6 Å². The van der Waals surface area contributed by atoms with E-state index in [9.17, 15) is 9.59 Å². The highest BCUT2D eigenvalue weighted by molar-refractivity contribution is 6.03. The van der Waals surface area contributed by atoms with Gasteiger partial charge in [-0.1, -0.05) is 152 Å². The molecule has 0 amide bonds. The molecule has 5 aromatic rings. The Kier molecular flexibility index (Phi) is 11.5. The average molecular weight is 579 g/mol. The maximum atomic E-state index is 14.6. The zero-order valence-electron chi connectivity index (χ0n) is 25.4. The molecule has 2 nitrogen and oxygen atoms in total. The molecule has 5 aromatic carbocycles. The molecule has 0 aliphatic heterocycles. The van der Waals surface area contributed by atoms with Crippen LogP contribution in [0, 0.1) is 5.92 Å². The number of aryl methyl sites for hydroxylation is 3. The van der Waals surface area contributed by atoms with Crippen LogP contribution in [-0.2, 0) is 28.9 Å². The van der Waals surface area contributed by atoms with Gasteiger partial charge in [0.15, 0.2) is 0 Å². The third kappa shape index (κ3) is 8.97. The van der Waals surface area contributed by atoms with Crippen LogP contribution in [0.2, 0.25) is 0 Å². The van der Waals surface area contributed by atoms with Gasteiger partial charge in [0.2, 0.25) is 0 Å². The van der Waals surface area contributed by atoms with Crippen molar-refractivity contribution >= 4 is 11.6 Å². The molecule has 0 saturated heterocycles. The SMILES string of the molecule is O=C(CCc1ccccc1)C(C(=O)CC(CCc1ccccc1)c1ccccc1)C(CCc1ccccc1)c1ccccc1. The summed E-state index contributed by atoms with van der Waals surface area (Å²) in [5.74, 6) is -0.716. The molecule has 44 heavy (non-hydrogen) atoms. The van der Waals surface area contributed by atoms with Crippen molar-refractivity contribution < 1.29 is 9.59 Å². The lowest BCUT2D eigenvalue weighted by molar-refractivity contribution is -0.134. The van der Waals surface area contributed by atoms with Crippen molar-refractivity contribution in [3.63, 3.8) is 0 Å². The maximum absolute atomic E-state index is 14.6. The molecule has 0 aromatic heterocycles. The maximum Gasteiger partial charge on any atom is 0.144 e. The van der Waals surface area contributed by atoms with Crippen LogP contribution in [-0.4, -0.2) is 11.6 Å². The Hall–Kier alpha value is -4.56. The Balaban J connectivity index is 1.44. The molecule has 0 bridgehead atoms. The van der Waals surface area contributed by atoms with E-state index < -0.39 is 5.92 Å². The largest absolute Gasteiger partial charge is 0.299 e. The third-order valence-corrected chi connectivity index (χ3v) is 8.76. The number of benzene rings is 5. The predicted octanol–water partition coefficient (Wildman–Crippen LogP) is 9.60. The lowest BCUT2D eigenvalue weighted by atomic mass is 9.73. The van der Waals surface area contributed by atoms with Crippen molar-refractivity contribution in [3.8, 4) is 0 Å². The predicted molar refractivity (Wildman–Crippen MR) is 181 cm³/mol. The van der Waals surface area contributed by atoms with Crippen molar-refractivity contribution in [1.82, 2.24) is 0 Å². The minimum Gasteiger partial charge on any atom is -0.299 e. The lowest BCUT2D eigenvalue weighted by Gasteiger charge is -2.28. The van der Waals surface area contributed by atoms with Crippen molar-refractivity contribution in [3.05, 3.63) is 179 Å². The Morgan fingerprint density at radius 3 is 1.34 bits per heavy atom. The van der Waals surface area contributed by atoms with Gasteiger partial charge in [0.05, 0.1) is 5.92 Å². The summed E-state index contributed by atoms with van der Waals surface area (Å²) in [4.78, 5) is 28.9. The molecular weight excluding hydrogens is 536 g/mol. The number of carbonyl (C=O) groups is 2. The third-order valence-electron chi connectivity index (χ3n) is 8.76. The van der Waals surface area contributed by atoms with E-state index in [4.69, 9.17) is 0 Å². The van der Waals surface area contributed by atoms with Gasteiger partial charge in [0.25, 0.3) is 0 Å². The van der Waals surface area contributed by atoms with Crippen LogP contribution in [0.15, 0.2) is 152 Å². The second kappa shape index (κ2) is 16.3. The molecule has 3 atom stereocenters. The summed E-state index contributed by atoms with van der Waals surface area (Å²) in [6.45, 7) is 0. The highest BCUT2D eigenvalue weighted by atomic mass is 16.1.